The molecule has 2 N–H and O–H groups in total. The molecule has 0 aromatic heterocycles. The summed E-state index contributed by atoms with van der Waals surface area (Å²) in [5.74, 6) is 0.395. The van der Waals surface area contributed by atoms with Gasteiger partial charge in [-0.15, -0.1) is 12.4 Å². The Morgan fingerprint density at radius 2 is 1.85 bits per heavy atom. The lowest BCUT2D eigenvalue weighted by molar-refractivity contribution is 0.0752. The van der Waals surface area contributed by atoms with Gasteiger partial charge in [-0.05, 0) is 18.9 Å². The number of carbonyl (C=O) groups excluding carboxylic acids is 1. The van der Waals surface area contributed by atoms with Crippen molar-refractivity contribution < 1.29 is 9.53 Å². The van der Waals surface area contributed by atoms with Crippen molar-refractivity contribution in [1.29, 1.82) is 0 Å². The quantitative estimate of drug-likeness (QED) is 0.814. The van der Waals surface area contributed by atoms with Crippen LogP contribution in [-0.4, -0.2) is 31.0 Å². The maximum Gasteiger partial charge on any atom is 0.257 e. The van der Waals surface area contributed by atoms with Crippen LogP contribution in [0, 0.1) is 0 Å². The van der Waals surface area contributed by atoms with Gasteiger partial charge in [0, 0.05) is 19.2 Å². The summed E-state index contributed by atoms with van der Waals surface area (Å²) in [6.45, 7) is 5.53. The van der Waals surface area contributed by atoms with Crippen molar-refractivity contribution >= 4 is 35.6 Å². The highest BCUT2D eigenvalue weighted by atomic mass is 35.5. The number of hydrogen-bond donors (Lipinski definition) is 1. The first-order valence-electron chi connectivity index (χ1n) is 6.47. The molecule has 1 amide bonds. The summed E-state index contributed by atoms with van der Waals surface area (Å²) >= 11 is 5.99. The van der Waals surface area contributed by atoms with Crippen molar-refractivity contribution in [2.45, 2.75) is 26.7 Å². The van der Waals surface area contributed by atoms with E-state index in [4.69, 9.17) is 22.1 Å². The number of nitrogens with two attached hydrogens (primary N) is 1. The number of rotatable bonds is 6. The third kappa shape index (κ3) is 4.46. The summed E-state index contributed by atoms with van der Waals surface area (Å²) < 4.78 is 5.22. The molecule has 1 rings (SSSR count). The molecule has 0 aliphatic heterocycles. The lowest BCUT2D eigenvalue weighted by Gasteiger charge is -2.22. The molecule has 0 saturated heterocycles. The Kier molecular flexibility index (Phi) is 8.42. The van der Waals surface area contributed by atoms with Gasteiger partial charge in [-0.25, -0.2) is 0 Å². The summed E-state index contributed by atoms with van der Waals surface area (Å²) in [6, 6.07) is 3.17. The van der Waals surface area contributed by atoms with E-state index < -0.39 is 0 Å². The average molecular weight is 321 g/mol. The van der Waals surface area contributed by atoms with Gasteiger partial charge in [0.1, 0.15) is 5.75 Å². The van der Waals surface area contributed by atoms with Crippen LogP contribution in [0.2, 0.25) is 5.02 Å². The molecule has 0 bridgehead atoms. The summed E-state index contributed by atoms with van der Waals surface area (Å²) in [5, 5.41) is 0.372. The molecule has 114 valence electrons. The molecule has 1 aromatic rings. The Bertz CT molecular complexity index is 447. The van der Waals surface area contributed by atoms with Gasteiger partial charge in [0.15, 0.2) is 0 Å². The first-order chi connectivity index (χ1) is 9.04. The zero-order valence-electron chi connectivity index (χ0n) is 12.1. The molecule has 0 saturated carbocycles. The fraction of sp³-hybridized carbons (Fsp3) is 0.500. The zero-order valence-corrected chi connectivity index (χ0v) is 13.7. The predicted molar refractivity (Wildman–Crippen MR) is 86.1 cm³/mol. The first kappa shape index (κ1) is 18.9. The summed E-state index contributed by atoms with van der Waals surface area (Å²) in [4.78, 5) is 14.3. The van der Waals surface area contributed by atoms with E-state index in [-0.39, 0.29) is 18.3 Å². The van der Waals surface area contributed by atoms with Crippen LogP contribution in [0.25, 0.3) is 0 Å². The maximum atomic E-state index is 12.5. The highest BCUT2D eigenvalue weighted by molar-refractivity contribution is 6.33. The van der Waals surface area contributed by atoms with Crippen LogP contribution in [0.15, 0.2) is 12.1 Å². The number of anilines is 1. The van der Waals surface area contributed by atoms with E-state index >= 15 is 0 Å². The molecule has 0 atom stereocenters. The van der Waals surface area contributed by atoms with Crippen LogP contribution in [0.3, 0.4) is 0 Å². The number of carbonyl (C=O) groups is 1. The van der Waals surface area contributed by atoms with Crippen LogP contribution in [0.1, 0.15) is 37.0 Å². The normalized spacial score (nSPS) is 9.80. The van der Waals surface area contributed by atoms with Crippen molar-refractivity contribution in [2.24, 2.45) is 0 Å². The molecule has 0 spiro atoms. The molecule has 0 radical (unpaired) electrons. The highest BCUT2D eigenvalue weighted by Crippen LogP contribution is 2.29. The van der Waals surface area contributed by atoms with E-state index in [1.165, 1.54) is 7.11 Å². The lowest BCUT2D eigenvalue weighted by atomic mass is 10.1. The van der Waals surface area contributed by atoms with Gasteiger partial charge in [-0.3, -0.25) is 4.79 Å². The topological polar surface area (TPSA) is 55.6 Å². The minimum absolute atomic E-state index is 0. The third-order valence-electron chi connectivity index (χ3n) is 2.82. The fourth-order valence-corrected chi connectivity index (χ4v) is 2.09. The minimum atomic E-state index is -0.0672. The van der Waals surface area contributed by atoms with Gasteiger partial charge in [0.25, 0.3) is 5.91 Å². The van der Waals surface area contributed by atoms with Crippen molar-refractivity contribution in [3.05, 3.63) is 22.7 Å². The van der Waals surface area contributed by atoms with Crippen molar-refractivity contribution in [3.63, 3.8) is 0 Å². The Morgan fingerprint density at radius 1 is 1.30 bits per heavy atom. The second-order valence-electron chi connectivity index (χ2n) is 4.37. The van der Waals surface area contributed by atoms with Gasteiger partial charge in [0.2, 0.25) is 0 Å². The Balaban J connectivity index is 0.00000361. The maximum absolute atomic E-state index is 12.5. The van der Waals surface area contributed by atoms with Crippen LogP contribution in [0.5, 0.6) is 5.75 Å². The molecular formula is C14H22Cl2N2O2. The van der Waals surface area contributed by atoms with Crippen LogP contribution in [0.4, 0.5) is 5.69 Å². The first-order valence-corrected chi connectivity index (χ1v) is 6.85. The third-order valence-corrected chi connectivity index (χ3v) is 3.15. The van der Waals surface area contributed by atoms with E-state index in [0.717, 1.165) is 25.9 Å². The van der Waals surface area contributed by atoms with E-state index in [1.54, 1.807) is 12.1 Å². The average Bonchev–Trinajstić information content (AvgIpc) is 2.40. The van der Waals surface area contributed by atoms with Crippen LogP contribution < -0.4 is 10.5 Å². The molecule has 0 fully saturated rings. The standard InChI is InChI=1S/C14H21ClN2O2.ClH/c1-4-6-17(7-5-2)14(18)10-8-11(15)12(16)9-13(10)19-3;/h8-9H,4-7,16H2,1-3H3;1H. The number of benzene rings is 1. The molecule has 0 aliphatic carbocycles. The van der Waals surface area contributed by atoms with Crippen LogP contribution >= 0.6 is 24.0 Å². The Hall–Kier alpha value is -1.13. The number of hydrogen-bond acceptors (Lipinski definition) is 3. The summed E-state index contributed by atoms with van der Waals surface area (Å²) in [7, 11) is 1.52. The molecule has 0 aliphatic rings. The number of halogens is 2. The Labute approximate surface area is 131 Å². The van der Waals surface area contributed by atoms with Gasteiger partial charge in [-0.1, -0.05) is 25.4 Å². The molecular weight excluding hydrogens is 299 g/mol. The van der Waals surface area contributed by atoms with E-state index in [1.807, 2.05) is 18.7 Å². The summed E-state index contributed by atoms with van der Waals surface area (Å²) in [5.41, 5.74) is 6.59. The number of amides is 1. The number of methoxy groups -OCH3 is 1. The van der Waals surface area contributed by atoms with E-state index in [2.05, 4.69) is 0 Å². The van der Waals surface area contributed by atoms with Crippen molar-refractivity contribution in [2.75, 3.05) is 25.9 Å². The molecule has 20 heavy (non-hydrogen) atoms. The molecule has 1 aromatic carbocycles. The zero-order chi connectivity index (χ0) is 14.4. The fourth-order valence-electron chi connectivity index (χ4n) is 1.93. The Morgan fingerprint density at radius 3 is 2.30 bits per heavy atom. The van der Waals surface area contributed by atoms with Gasteiger partial charge < -0.3 is 15.4 Å². The molecule has 4 nitrogen and oxygen atoms in total. The monoisotopic (exact) mass is 320 g/mol. The summed E-state index contributed by atoms with van der Waals surface area (Å²) in [6.07, 6.45) is 1.83. The number of ether oxygens (including phenoxy) is 1. The van der Waals surface area contributed by atoms with Crippen molar-refractivity contribution in [3.8, 4) is 5.75 Å². The predicted octanol–water partition coefficient (Wildman–Crippen LogP) is 3.61. The SMILES string of the molecule is CCCN(CCC)C(=O)c1cc(Cl)c(N)cc1OC.Cl. The van der Waals surface area contributed by atoms with E-state index in [0.29, 0.717) is 22.0 Å². The number of nitrogens with zero attached hydrogens (tertiary/aromatic N) is 1. The smallest absolute Gasteiger partial charge is 0.257 e. The van der Waals surface area contributed by atoms with E-state index in [9.17, 15) is 4.79 Å². The number of nitrogen functional groups attached to an aromatic ring is 1. The van der Waals surface area contributed by atoms with Gasteiger partial charge in [-0.2, -0.15) is 0 Å². The van der Waals surface area contributed by atoms with Gasteiger partial charge >= 0.3 is 0 Å². The largest absolute Gasteiger partial charge is 0.496 e. The van der Waals surface area contributed by atoms with Crippen LogP contribution in [-0.2, 0) is 0 Å². The molecule has 0 unspecified atom stereocenters. The van der Waals surface area contributed by atoms with Crippen molar-refractivity contribution in [1.82, 2.24) is 4.90 Å². The highest BCUT2D eigenvalue weighted by Gasteiger charge is 2.20. The lowest BCUT2D eigenvalue weighted by Crippen LogP contribution is -2.32. The minimum Gasteiger partial charge on any atom is -0.496 e. The second kappa shape index (κ2) is 8.93. The second-order valence-corrected chi connectivity index (χ2v) is 4.77. The molecule has 6 heteroatoms. The van der Waals surface area contributed by atoms with Gasteiger partial charge in [0.05, 0.1) is 23.4 Å². The molecule has 0 heterocycles.